The summed E-state index contributed by atoms with van der Waals surface area (Å²) in [5, 5.41) is 4.60. The molecule has 0 radical (unpaired) electrons. The van der Waals surface area contributed by atoms with Gasteiger partial charge in [-0.15, -0.1) is 17.9 Å². The molecule has 0 aliphatic heterocycles. The van der Waals surface area contributed by atoms with E-state index in [0.29, 0.717) is 6.04 Å². The first-order chi connectivity index (χ1) is 8.74. The van der Waals surface area contributed by atoms with E-state index >= 15 is 0 Å². The van der Waals surface area contributed by atoms with Crippen LogP contribution in [0.2, 0.25) is 0 Å². The third-order valence-corrected chi connectivity index (χ3v) is 4.17. The molecule has 1 aromatic heterocycles. The monoisotopic (exact) mass is 263 g/mol. The van der Waals surface area contributed by atoms with E-state index in [0.717, 1.165) is 29.5 Å². The molecule has 0 aliphatic rings. The van der Waals surface area contributed by atoms with Gasteiger partial charge in [-0.25, -0.2) is 4.39 Å². The summed E-state index contributed by atoms with van der Waals surface area (Å²) in [5.74, 6) is -0.165. The van der Waals surface area contributed by atoms with Gasteiger partial charge < -0.3 is 5.32 Å². The van der Waals surface area contributed by atoms with Gasteiger partial charge in [-0.1, -0.05) is 19.1 Å². The Morgan fingerprint density at radius 3 is 3.00 bits per heavy atom. The highest BCUT2D eigenvalue weighted by Crippen LogP contribution is 2.32. The van der Waals surface area contributed by atoms with E-state index in [-0.39, 0.29) is 5.82 Å². The molecule has 0 amide bonds. The number of hydrogen-bond acceptors (Lipinski definition) is 2. The number of fused-ring (bicyclic) bond motifs is 1. The zero-order valence-corrected chi connectivity index (χ0v) is 11.4. The summed E-state index contributed by atoms with van der Waals surface area (Å²) < 4.78 is 14.2. The molecule has 1 N–H and O–H groups in total. The average molecular weight is 263 g/mol. The van der Waals surface area contributed by atoms with Gasteiger partial charge in [-0.05, 0) is 43.0 Å². The van der Waals surface area contributed by atoms with Crippen LogP contribution in [0.3, 0.4) is 0 Å². The summed E-state index contributed by atoms with van der Waals surface area (Å²) in [6.07, 6.45) is 3.96. The molecule has 0 saturated heterocycles. The van der Waals surface area contributed by atoms with E-state index in [1.807, 2.05) is 12.1 Å². The zero-order chi connectivity index (χ0) is 13.0. The van der Waals surface area contributed by atoms with Gasteiger partial charge >= 0.3 is 0 Å². The molecule has 18 heavy (non-hydrogen) atoms. The Labute approximate surface area is 111 Å². The standard InChI is InChI=1S/C15H18FNS/c1-3-5-6-13(17-4-2)15-9-11-7-8-12(16)10-14(11)18-15/h3,7-10,13,17H,1,4-6H2,2H3. The molecule has 1 heterocycles. The number of nitrogens with one attached hydrogen (secondary N) is 1. The number of thiophene rings is 1. The summed E-state index contributed by atoms with van der Waals surface area (Å²) in [5.41, 5.74) is 0. The van der Waals surface area contributed by atoms with Crippen LogP contribution < -0.4 is 5.32 Å². The molecule has 96 valence electrons. The highest BCUT2D eigenvalue weighted by Gasteiger charge is 2.13. The third kappa shape index (κ3) is 2.98. The van der Waals surface area contributed by atoms with Crippen LogP contribution in [0, 0.1) is 5.82 Å². The largest absolute Gasteiger partial charge is 0.310 e. The first kappa shape index (κ1) is 13.2. The Morgan fingerprint density at radius 2 is 2.28 bits per heavy atom. The van der Waals surface area contributed by atoms with Crippen molar-refractivity contribution < 1.29 is 4.39 Å². The molecule has 1 nitrogen and oxygen atoms in total. The molecule has 2 rings (SSSR count). The fourth-order valence-electron chi connectivity index (χ4n) is 2.07. The molecule has 0 spiro atoms. The first-order valence-electron chi connectivity index (χ1n) is 6.28. The van der Waals surface area contributed by atoms with Crippen LogP contribution in [-0.2, 0) is 0 Å². The second kappa shape index (κ2) is 6.12. The average Bonchev–Trinajstić information content (AvgIpc) is 2.77. The lowest BCUT2D eigenvalue weighted by atomic mass is 10.1. The molecular weight excluding hydrogens is 245 g/mol. The number of rotatable bonds is 6. The first-order valence-corrected chi connectivity index (χ1v) is 7.09. The Kier molecular flexibility index (Phi) is 4.50. The van der Waals surface area contributed by atoms with Crippen LogP contribution >= 0.6 is 11.3 Å². The number of allylic oxidation sites excluding steroid dienone is 1. The highest BCUT2D eigenvalue weighted by atomic mass is 32.1. The minimum absolute atomic E-state index is 0.165. The minimum atomic E-state index is -0.165. The summed E-state index contributed by atoms with van der Waals surface area (Å²) in [4.78, 5) is 1.28. The zero-order valence-electron chi connectivity index (χ0n) is 10.6. The summed E-state index contributed by atoms with van der Waals surface area (Å²) in [6, 6.07) is 7.48. The van der Waals surface area contributed by atoms with E-state index in [2.05, 4.69) is 24.9 Å². The molecular formula is C15H18FNS. The Morgan fingerprint density at radius 1 is 1.44 bits per heavy atom. The van der Waals surface area contributed by atoms with Gasteiger partial charge in [0.2, 0.25) is 0 Å². The normalized spacial score (nSPS) is 12.8. The van der Waals surface area contributed by atoms with Crippen molar-refractivity contribution in [1.82, 2.24) is 5.32 Å². The van der Waals surface area contributed by atoms with E-state index < -0.39 is 0 Å². The molecule has 3 heteroatoms. The van der Waals surface area contributed by atoms with Gasteiger partial charge in [-0.3, -0.25) is 0 Å². The van der Waals surface area contributed by atoms with Crippen LogP contribution in [0.15, 0.2) is 36.9 Å². The highest BCUT2D eigenvalue weighted by molar-refractivity contribution is 7.19. The van der Waals surface area contributed by atoms with E-state index in [9.17, 15) is 4.39 Å². The fourth-order valence-corrected chi connectivity index (χ4v) is 3.27. The van der Waals surface area contributed by atoms with Gasteiger partial charge in [-0.2, -0.15) is 0 Å². The molecule has 0 saturated carbocycles. The van der Waals surface area contributed by atoms with Crippen LogP contribution in [0.4, 0.5) is 4.39 Å². The lowest BCUT2D eigenvalue weighted by molar-refractivity contribution is 0.527. The number of halogens is 1. The maximum Gasteiger partial charge on any atom is 0.124 e. The molecule has 1 aromatic carbocycles. The van der Waals surface area contributed by atoms with Gasteiger partial charge in [0.05, 0.1) is 0 Å². The van der Waals surface area contributed by atoms with Crippen LogP contribution in [0.5, 0.6) is 0 Å². The Bertz CT molecular complexity index is 532. The predicted octanol–water partition coefficient (Wildman–Crippen LogP) is 4.66. The number of hydrogen-bond donors (Lipinski definition) is 1. The van der Waals surface area contributed by atoms with Crippen molar-refractivity contribution >= 4 is 21.4 Å². The lowest BCUT2D eigenvalue weighted by Gasteiger charge is -2.14. The van der Waals surface area contributed by atoms with Crippen LogP contribution in [0.1, 0.15) is 30.7 Å². The van der Waals surface area contributed by atoms with Crippen molar-refractivity contribution in [3.05, 3.63) is 47.6 Å². The Balaban J connectivity index is 2.28. The van der Waals surface area contributed by atoms with Gasteiger partial charge in [0, 0.05) is 15.6 Å². The summed E-state index contributed by atoms with van der Waals surface area (Å²) >= 11 is 1.67. The second-order valence-corrected chi connectivity index (χ2v) is 5.42. The summed E-state index contributed by atoms with van der Waals surface area (Å²) in [7, 11) is 0. The molecule has 0 aliphatic carbocycles. The molecule has 0 fully saturated rings. The molecule has 2 aromatic rings. The predicted molar refractivity (Wildman–Crippen MR) is 77.6 cm³/mol. The van der Waals surface area contributed by atoms with Crippen molar-refractivity contribution in [2.75, 3.05) is 6.54 Å². The van der Waals surface area contributed by atoms with Gasteiger partial charge in [0.15, 0.2) is 0 Å². The van der Waals surface area contributed by atoms with E-state index in [4.69, 9.17) is 0 Å². The number of benzene rings is 1. The van der Waals surface area contributed by atoms with E-state index in [1.54, 1.807) is 17.4 Å². The van der Waals surface area contributed by atoms with Crippen molar-refractivity contribution in [2.45, 2.75) is 25.8 Å². The molecule has 1 atom stereocenters. The quantitative estimate of drug-likeness (QED) is 0.748. The fraction of sp³-hybridized carbons (Fsp3) is 0.333. The lowest BCUT2D eigenvalue weighted by Crippen LogP contribution is -2.19. The van der Waals surface area contributed by atoms with Crippen LogP contribution in [-0.4, -0.2) is 6.54 Å². The molecule has 1 unspecified atom stereocenters. The topological polar surface area (TPSA) is 12.0 Å². The van der Waals surface area contributed by atoms with Crippen LogP contribution in [0.25, 0.3) is 10.1 Å². The summed E-state index contributed by atoms with van der Waals surface area (Å²) in [6.45, 7) is 6.81. The maximum absolute atomic E-state index is 13.2. The SMILES string of the molecule is C=CCCC(NCC)c1cc2ccc(F)cc2s1. The van der Waals surface area contributed by atoms with E-state index in [1.165, 1.54) is 10.9 Å². The van der Waals surface area contributed by atoms with Crippen molar-refractivity contribution in [1.29, 1.82) is 0 Å². The van der Waals surface area contributed by atoms with Crippen molar-refractivity contribution in [3.8, 4) is 0 Å². The smallest absolute Gasteiger partial charge is 0.124 e. The minimum Gasteiger partial charge on any atom is -0.310 e. The molecule has 0 bridgehead atoms. The third-order valence-electron chi connectivity index (χ3n) is 2.95. The Hall–Kier alpha value is -1.19. The second-order valence-electron chi connectivity index (χ2n) is 4.31. The van der Waals surface area contributed by atoms with Gasteiger partial charge in [0.25, 0.3) is 0 Å². The maximum atomic E-state index is 13.2. The van der Waals surface area contributed by atoms with Gasteiger partial charge in [0.1, 0.15) is 5.82 Å². The van der Waals surface area contributed by atoms with Crippen molar-refractivity contribution in [3.63, 3.8) is 0 Å². The van der Waals surface area contributed by atoms with Crippen molar-refractivity contribution in [2.24, 2.45) is 0 Å².